The minimum atomic E-state index is -0.722. The van der Waals surface area contributed by atoms with Gasteiger partial charge < -0.3 is 14.5 Å². The second kappa shape index (κ2) is 7.72. The van der Waals surface area contributed by atoms with Crippen LogP contribution in [0.25, 0.3) is 11.0 Å². The van der Waals surface area contributed by atoms with E-state index in [2.05, 4.69) is 5.32 Å². The van der Waals surface area contributed by atoms with E-state index in [0.717, 1.165) is 4.88 Å². The van der Waals surface area contributed by atoms with Crippen LogP contribution in [0.3, 0.4) is 0 Å². The number of carbonyl (C=O) groups is 3. The van der Waals surface area contributed by atoms with E-state index in [-0.39, 0.29) is 17.5 Å². The van der Waals surface area contributed by atoms with E-state index in [9.17, 15) is 14.4 Å². The van der Waals surface area contributed by atoms with Gasteiger partial charge in [0.15, 0.2) is 6.61 Å². The van der Waals surface area contributed by atoms with Crippen LogP contribution >= 0.6 is 22.9 Å². The van der Waals surface area contributed by atoms with Crippen molar-refractivity contribution in [2.24, 2.45) is 0 Å². The Balaban J connectivity index is 1.59. The lowest BCUT2D eigenvalue weighted by molar-refractivity contribution is -0.119. The zero-order valence-electron chi connectivity index (χ0n) is 13.7. The number of rotatable bonds is 6. The lowest BCUT2D eigenvalue weighted by Gasteiger charge is -2.01. The summed E-state index contributed by atoms with van der Waals surface area (Å²) in [6.45, 7) is 1.39. The van der Waals surface area contributed by atoms with E-state index in [1.54, 1.807) is 30.3 Å². The van der Waals surface area contributed by atoms with Gasteiger partial charge in [-0.1, -0.05) is 11.6 Å². The maximum absolute atomic E-state index is 12.1. The molecule has 26 heavy (non-hydrogen) atoms. The number of ketones is 1. The Morgan fingerprint density at radius 2 is 2.00 bits per heavy atom. The summed E-state index contributed by atoms with van der Waals surface area (Å²) in [5.41, 5.74) is 0.508. The smallest absolute Gasteiger partial charge is 0.374 e. The number of furan rings is 1. The van der Waals surface area contributed by atoms with Gasteiger partial charge >= 0.3 is 5.97 Å². The number of amides is 1. The van der Waals surface area contributed by atoms with E-state index in [1.165, 1.54) is 24.3 Å². The van der Waals surface area contributed by atoms with Crippen LogP contribution in [0.15, 0.2) is 40.8 Å². The number of thiophene rings is 1. The van der Waals surface area contributed by atoms with Crippen LogP contribution in [0.4, 0.5) is 0 Å². The van der Waals surface area contributed by atoms with Crippen molar-refractivity contribution in [1.29, 1.82) is 0 Å². The summed E-state index contributed by atoms with van der Waals surface area (Å²) in [7, 11) is 0. The average molecular weight is 392 g/mol. The topological polar surface area (TPSA) is 85.6 Å². The molecule has 0 fully saturated rings. The molecule has 0 saturated carbocycles. The third-order valence-electron chi connectivity index (χ3n) is 3.46. The van der Waals surface area contributed by atoms with Gasteiger partial charge in [-0.2, -0.15) is 0 Å². The molecule has 0 bridgehead atoms. The average Bonchev–Trinajstić information content (AvgIpc) is 3.23. The quantitative estimate of drug-likeness (QED) is 0.510. The summed E-state index contributed by atoms with van der Waals surface area (Å²) in [6, 6.07) is 9.89. The third-order valence-corrected chi connectivity index (χ3v) is 4.82. The second-order valence-corrected chi connectivity index (χ2v) is 7.07. The molecule has 0 aliphatic carbocycles. The van der Waals surface area contributed by atoms with Gasteiger partial charge in [0.1, 0.15) is 5.58 Å². The Morgan fingerprint density at radius 1 is 1.19 bits per heavy atom. The number of ether oxygens (including phenoxy) is 1. The Bertz CT molecular complexity index is 991. The van der Waals surface area contributed by atoms with Gasteiger partial charge in [0, 0.05) is 22.2 Å². The molecular formula is C18H14ClNO5S. The summed E-state index contributed by atoms with van der Waals surface area (Å²) >= 11 is 7.14. The summed E-state index contributed by atoms with van der Waals surface area (Å²) in [5, 5.41) is 3.86. The van der Waals surface area contributed by atoms with Crippen molar-refractivity contribution in [1.82, 2.24) is 5.32 Å². The number of esters is 1. The van der Waals surface area contributed by atoms with E-state index in [1.807, 2.05) is 0 Å². The van der Waals surface area contributed by atoms with Crippen LogP contribution in [0.1, 0.15) is 32.0 Å². The molecule has 3 rings (SSSR count). The van der Waals surface area contributed by atoms with Crippen molar-refractivity contribution >= 4 is 51.6 Å². The van der Waals surface area contributed by atoms with Crippen LogP contribution < -0.4 is 5.32 Å². The molecule has 1 N–H and O–H groups in total. The molecule has 0 spiro atoms. The highest BCUT2D eigenvalue weighted by Crippen LogP contribution is 2.23. The van der Waals surface area contributed by atoms with Gasteiger partial charge in [0.2, 0.25) is 17.5 Å². The number of benzene rings is 1. The first-order chi connectivity index (χ1) is 12.4. The van der Waals surface area contributed by atoms with Crippen molar-refractivity contribution in [3.8, 4) is 0 Å². The van der Waals surface area contributed by atoms with Gasteiger partial charge in [-0.25, -0.2) is 4.79 Å². The number of hydrogen-bond acceptors (Lipinski definition) is 6. The molecule has 0 aliphatic rings. The van der Waals surface area contributed by atoms with Crippen LogP contribution in [0.5, 0.6) is 0 Å². The highest BCUT2D eigenvalue weighted by atomic mass is 35.5. The number of Topliss-reactive ketones (excluding diaryl/α,β-unsaturated/α-hetero) is 1. The van der Waals surface area contributed by atoms with Crippen LogP contribution in [0.2, 0.25) is 5.02 Å². The molecule has 0 aliphatic heterocycles. The fourth-order valence-corrected chi connectivity index (χ4v) is 3.27. The highest BCUT2D eigenvalue weighted by molar-refractivity contribution is 7.14. The summed E-state index contributed by atoms with van der Waals surface area (Å²) in [6.07, 6.45) is 0. The predicted molar refractivity (Wildman–Crippen MR) is 97.7 cm³/mol. The highest BCUT2D eigenvalue weighted by Gasteiger charge is 2.17. The maximum Gasteiger partial charge on any atom is 0.374 e. The zero-order valence-corrected chi connectivity index (χ0v) is 15.3. The van der Waals surface area contributed by atoms with Gasteiger partial charge in [-0.15, -0.1) is 11.3 Å². The molecule has 2 heterocycles. The molecule has 1 aromatic carbocycles. The summed E-state index contributed by atoms with van der Waals surface area (Å²) in [4.78, 5) is 36.4. The SMILES string of the molecule is CC(=O)NCc1ccc(C(=O)COC(=O)c2cc3cc(Cl)ccc3o2)s1. The Kier molecular flexibility index (Phi) is 5.39. The lowest BCUT2D eigenvalue weighted by Crippen LogP contribution is -2.18. The van der Waals surface area contributed by atoms with Gasteiger partial charge in [-0.05, 0) is 36.4 Å². The maximum atomic E-state index is 12.1. The molecule has 3 aromatic rings. The standard InChI is InChI=1S/C18H14ClNO5S/c1-10(21)20-8-13-3-5-17(26-13)14(22)9-24-18(23)16-7-11-6-12(19)2-4-15(11)25-16/h2-7H,8-9H2,1H3,(H,20,21). The second-order valence-electron chi connectivity index (χ2n) is 5.47. The third kappa shape index (κ3) is 4.30. The first kappa shape index (κ1) is 18.2. The minimum absolute atomic E-state index is 0.00703. The minimum Gasteiger partial charge on any atom is -0.451 e. The largest absolute Gasteiger partial charge is 0.451 e. The van der Waals surface area contributed by atoms with E-state index >= 15 is 0 Å². The molecule has 8 heteroatoms. The number of fused-ring (bicyclic) bond motifs is 1. The molecule has 1 amide bonds. The van der Waals surface area contributed by atoms with Gasteiger partial charge in [0.25, 0.3) is 0 Å². The number of hydrogen-bond donors (Lipinski definition) is 1. The van der Waals surface area contributed by atoms with E-state index < -0.39 is 12.6 Å². The molecule has 0 unspecified atom stereocenters. The van der Waals surface area contributed by atoms with Crippen molar-refractivity contribution in [2.45, 2.75) is 13.5 Å². The number of carbonyl (C=O) groups excluding carboxylic acids is 3. The van der Waals surface area contributed by atoms with Gasteiger partial charge in [-0.3, -0.25) is 9.59 Å². The molecule has 134 valence electrons. The summed E-state index contributed by atoms with van der Waals surface area (Å²) in [5.74, 6) is -1.18. The first-order valence-corrected chi connectivity index (χ1v) is 8.84. The molecule has 2 aromatic heterocycles. The van der Waals surface area contributed by atoms with Crippen LogP contribution in [-0.2, 0) is 16.1 Å². The summed E-state index contributed by atoms with van der Waals surface area (Å²) < 4.78 is 10.4. The zero-order chi connectivity index (χ0) is 18.7. The van der Waals surface area contributed by atoms with Crippen molar-refractivity contribution in [2.75, 3.05) is 6.61 Å². The van der Waals surface area contributed by atoms with Crippen LogP contribution in [0, 0.1) is 0 Å². The van der Waals surface area contributed by atoms with Crippen molar-refractivity contribution < 1.29 is 23.5 Å². The Hall–Kier alpha value is -2.64. The fraction of sp³-hybridized carbons (Fsp3) is 0.167. The Morgan fingerprint density at radius 3 is 2.77 bits per heavy atom. The number of nitrogens with one attached hydrogen (secondary N) is 1. The monoisotopic (exact) mass is 391 g/mol. The van der Waals surface area contributed by atoms with E-state index in [0.29, 0.717) is 27.4 Å². The fourth-order valence-electron chi connectivity index (χ4n) is 2.22. The molecule has 0 saturated heterocycles. The Labute approximate surface area is 157 Å². The molecule has 6 nitrogen and oxygen atoms in total. The van der Waals surface area contributed by atoms with Crippen molar-refractivity contribution in [3.05, 3.63) is 56.9 Å². The molecule has 0 atom stereocenters. The lowest BCUT2D eigenvalue weighted by atomic mass is 10.2. The number of halogens is 1. The van der Waals surface area contributed by atoms with Crippen LogP contribution in [-0.4, -0.2) is 24.3 Å². The van der Waals surface area contributed by atoms with E-state index in [4.69, 9.17) is 20.8 Å². The molecular weight excluding hydrogens is 378 g/mol. The molecule has 0 radical (unpaired) electrons. The normalized spacial score (nSPS) is 10.7. The predicted octanol–water partition coefficient (Wildman–Crippen LogP) is 3.82. The van der Waals surface area contributed by atoms with Gasteiger partial charge in [0.05, 0.1) is 11.4 Å². The van der Waals surface area contributed by atoms with Crippen molar-refractivity contribution in [3.63, 3.8) is 0 Å². The first-order valence-electron chi connectivity index (χ1n) is 7.65.